The molecular formula is C15H12N2O3. The van der Waals surface area contributed by atoms with Gasteiger partial charge >= 0.3 is 5.97 Å². The standard InChI is InChI=1S/C15H12N2O3/c1-9-16-13-7-11-5-3-2-4-10(11)6-12(13)15(20)17(9)8-14(18)19/h2-7H,8H2,1H3,(H,18,19). The van der Waals surface area contributed by atoms with Crippen LogP contribution in [0.15, 0.2) is 41.2 Å². The van der Waals surface area contributed by atoms with Crippen molar-refractivity contribution in [2.75, 3.05) is 0 Å². The molecular weight excluding hydrogens is 256 g/mol. The van der Waals surface area contributed by atoms with E-state index in [-0.39, 0.29) is 12.1 Å². The maximum absolute atomic E-state index is 12.4. The summed E-state index contributed by atoms with van der Waals surface area (Å²) in [4.78, 5) is 27.6. The fourth-order valence-corrected chi connectivity index (χ4v) is 2.34. The summed E-state index contributed by atoms with van der Waals surface area (Å²) in [5, 5.41) is 11.2. The number of rotatable bonds is 2. The Morgan fingerprint density at radius 3 is 2.55 bits per heavy atom. The van der Waals surface area contributed by atoms with E-state index in [9.17, 15) is 9.59 Å². The van der Waals surface area contributed by atoms with Crippen LogP contribution in [0.2, 0.25) is 0 Å². The molecule has 0 unspecified atom stereocenters. The van der Waals surface area contributed by atoms with E-state index in [1.165, 1.54) is 4.57 Å². The van der Waals surface area contributed by atoms with Crippen molar-refractivity contribution in [3.63, 3.8) is 0 Å². The largest absolute Gasteiger partial charge is 0.480 e. The third-order valence-electron chi connectivity index (χ3n) is 3.31. The first-order valence-electron chi connectivity index (χ1n) is 6.18. The van der Waals surface area contributed by atoms with Crippen molar-refractivity contribution in [2.45, 2.75) is 13.5 Å². The average Bonchev–Trinajstić information content (AvgIpc) is 2.41. The number of nitrogens with zero attached hydrogens (tertiary/aromatic N) is 2. The highest BCUT2D eigenvalue weighted by Gasteiger charge is 2.11. The molecule has 0 bridgehead atoms. The highest BCUT2D eigenvalue weighted by atomic mass is 16.4. The molecule has 5 heteroatoms. The monoisotopic (exact) mass is 268 g/mol. The van der Waals surface area contributed by atoms with Gasteiger partial charge < -0.3 is 5.11 Å². The summed E-state index contributed by atoms with van der Waals surface area (Å²) in [5.41, 5.74) is 0.272. The highest BCUT2D eigenvalue weighted by Crippen LogP contribution is 2.19. The van der Waals surface area contributed by atoms with Gasteiger partial charge in [-0.25, -0.2) is 4.98 Å². The lowest BCUT2D eigenvalue weighted by Crippen LogP contribution is -2.27. The van der Waals surface area contributed by atoms with E-state index in [1.54, 1.807) is 13.0 Å². The van der Waals surface area contributed by atoms with E-state index < -0.39 is 5.97 Å². The molecule has 0 spiro atoms. The fourth-order valence-electron chi connectivity index (χ4n) is 2.34. The first-order valence-corrected chi connectivity index (χ1v) is 6.18. The van der Waals surface area contributed by atoms with Gasteiger partial charge in [-0.15, -0.1) is 0 Å². The molecule has 1 aromatic heterocycles. The summed E-state index contributed by atoms with van der Waals surface area (Å²) in [6.07, 6.45) is 0. The van der Waals surface area contributed by atoms with Gasteiger partial charge in [-0.1, -0.05) is 24.3 Å². The number of aliphatic carboxylic acids is 1. The lowest BCUT2D eigenvalue weighted by atomic mass is 10.1. The maximum atomic E-state index is 12.4. The van der Waals surface area contributed by atoms with Crippen LogP contribution in [0.4, 0.5) is 0 Å². The van der Waals surface area contributed by atoms with Crippen LogP contribution in [-0.4, -0.2) is 20.6 Å². The lowest BCUT2D eigenvalue weighted by molar-refractivity contribution is -0.137. The minimum absolute atomic E-state index is 0.319. The first-order chi connectivity index (χ1) is 9.56. The number of carboxylic acid groups (broad SMARTS) is 1. The van der Waals surface area contributed by atoms with Crippen molar-refractivity contribution < 1.29 is 9.90 Å². The van der Waals surface area contributed by atoms with E-state index >= 15 is 0 Å². The topological polar surface area (TPSA) is 72.2 Å². The van der Waals surface area contributed by atoms with Gasteiger partial charge in [0.25, 0.3) is 5.56 Å². The Kier molecular flexibility index (Phi) is 2.75. The maximum Gasteiger partial charge on any atom is 0.323 e. The number of carbonyl (C=O) groups is 1. The molecule has 0 aliphatic rings. The molecule has 2 aromatic carbocycles. The molecule has 0 aliphatic carbocycles. The van der Waals surface area contributed by atoms with Crippen LogP contribution in [0.25, 0.3) is 21.7 Å². The molecule has 0 saturated carbocycles. The average molecular weight is 268 g/mol. The van der Waals surface area contributed by atoms with E-state index in [2.05, 4.69) is 4.98 Å². The number of hydrogen-bond acceptors (Lipinski definition) is 3. The molecule has 0 saturated heterocycles. The molecule has 3 aromatic rings. The van der Waals surface area contributed by atoms with Gasteiger partial charge in [0.05, 0.1) is 10.9 Å². The summed E-state index contributed by atoms with van der Waals surface area (Å²) in [7, 11) is 0. The van der Waals surface area contributed by atoms with Crippen LogP contribution in [0.5, 0.6) is 0 Å². The van der Waals surface area contributed by atoms with Gasteiger partial charge in [-0.2, -0.15) is 0 Å². The Morgan fingerprint density at radius 1 is 1.25 bits per heavy atom. The van der Waals surface area contributed by atoms with Crippen molar-refractivity contribution in [3.8, 4) is 0 Å². The predicted octanol–water partition coefficient (Wildman–Crippen LogP) is 1.94. The third-order valence-corrected chi connectivity index (χ3v) is 3.31. The number of benzene rings is 2. The van der Waals surface area contributed by atoms with Gasteiger partial charge in [0.1, 0.15) is 12.4 Å². The quantitative estimate of drug-likeness (QED) is 0.721. The molecule has 0 aliphatic heterocycles. The molecule has 5 nitrogen and oxygen atoms in total. The van der Waals surface area contributed by atoms with Crippen LogP contribution in [-0.2, 0) is 11.3 Å². The van der Waals surface area contributed by atoms with E-state index in [0.29, 0.717) is 16.7 Å². The first kappa shape index (κ1) is 12.3. The molecule has 1 N–H and O–H groups in total. The molecule has 20 heavy (non-hydrogen) atoms. The van der Waals surface area contributed by atoms with Crippen LogP contribution >= 0.6 is 0 Å². The molecule has 0 amide bonds. The van der Waals surface area contributed by atoms with Gasteiger partial charge in [-0.3, -0.25) is 14.2 Å². The normalized spacial score (nSPS) is 11.1. The van der Waals surface area contributed by atoms with Crippen molar-refractivity contribution >= 4 is 27.6 Å². The SMILES string of the molecule is Cc1nc2cc3ccccc3cc2c(=O)n1CC(=O)O. The highest BCUT2D eigenvalue weighted by molar-refractivity contribution is 5.96. The number of hydrogen-bond donors (Lipinski definition) is 1. The Labute approximate surface area is 114 Å². The van der Waals surface area contributed by atoms with Crippen molar-refractivity contribution in [1.82, 2.24) is 9.55 Å². The van der Waals surface area contributed by atoms with Crippen LogP contribution < -0.4 is 5.56 Å². The zero-order chi connectivity index (χ0) is 14.3. The van der Waals surface area contributed by atoms with Crippen LogP contribution in [0.3, 0.4) is 0 Å². The predicted molar refractivity (Wildman–Crippen MR) is 75.9 cm³/mol. The second-order valence-corrected chi connectivity index (χ2v) is 4.66. The van der Waals surface area contributed by atoms with E-state index in [4.69, 9.17) is 5.11 Å². The van der Waals surface area contributed by atoms with Gasteiger partial charge in [0, 0.05) is 0 Å². The zero-order valence-electron chi connectivity index (χ0n) is 10.8. The minimum atomic E-state index is -1.06. The fraction of sp³-hybridized carbons (Fsp3) is 0.133. The summed E-state index contributed by atoms with van der Waals surface area (Å²) >= 11 is 0. The van der Waals surface area contributed by atoms with Crippen molar-refractivity contribution in [3.05, 3.63) is 52.6 Å². The zero-order valence-corrected chi connectivity index (χ0v) is 10.8. The number of aromatic nitrogens is 2. The second-order valence-electron chi connectivity index (χ2n) is 4.66. The lowest BCUT2D eigenvalue weighted by Gasteiger charge is -2.09. The Hall–Kier alpha value is -2.69. The van der Waals surface area contributed by atoms with Crippen LogP contribution in [0, 0.1) is 6.92 Å². The Morgan fingerprint density at radius 2 is 1.90 bits per heavy atom. The smallest absolute Gasteiger partial charge is 0.323 e. The minimum Gasteiger partial charge on any atom is -0.480 e. The van der Waals surface area contributed by atoms with Crippen molar-refractivity contribution in [2.24, 2.45) is 0 Å². The summed E-state index contributed by atoms with van der Waals surface area (Å²) in [6.45, 7) is 1.26. The number of aryl methyl sites for hydroxylation is 1. The Bertz CT molecular complexity index is 897. The summed E-state index contributed by atoms with van der Waals surface area (Å²) in [5.74, 6) is -0.655. The van der Waals surface area contributed by atoms with Gasteiger partial charge in [0.2, 0.25) is 0 Å². The number of fused-ring (bicyclic) bond motifs is 2. The van der Waals surface area contributed by atoms with E-state index in [1.807, 2.05) is 30.3 Å². The van der Waals surface area contributed by atoms with Crippen molar-refractivity contribution in [1.29, 1.82) is 0 Å². The molecule has 0 fully saturated rings. The Balaban J connectivity index is 2.39. The molecule has 0 radical (unpaired) electrons. The third kappa shape index (κ3) is 1.93. The second kappa shape index (κ2) is 4.45. The summed E-state index contributed by atoms with van der Waals surface area (Å²) < 4.78 is 1.18. The summed E-state index contributed by atoms with van der Waals surface area (Å²) in [6, 6.07) is 11.3. The molecule has 3 rings (SSSR count). The van der Waals surface area contributed by atoms with E-state index in [0.717, 1.165) is 10.8 Å². The van der Waals surface area contributed by atoms with Crippen LogP contribution in [0.1, 0.15) is 5.82 Å². The molecule has 100 valence electrons. The van der Waals surface area contributed by atoms with Gasteiger partial charge in [0.15, 0.2) is 0 Å². The van der Waals surface area contributed by atoms with Gasteiger partial charge in [-0.05, 0) is 29.8 Å². The molecule has 0 atom stereocenters. The number of carboxylic acids is 1. The molecule has 1 heterocycles.